The van der Waals surface area contributed by atoms with E-state index in [1.165, 1.54) is 244 Å². The van der Waals surface area contributed by atoms with Crippen LogP contribution in [0.5, 0.6) is 0 Å². The fraction of sp³-hybridized carbons (Fsp3) is 0.951. The molecule has 0 aliphatic rings. The number of carbonyl (C=O) groups excluding carboxylic acids is 3. The Morgan fingerprint density at radius 2 is 0.493 bits per heavy atom. The lowest BCUT2D eigenvalue weighted by Gasteiger charge is -2.18. The van der Waals surface area contributed by atoms with Crippen molar-refractivity contribution >= 4 is 17.9 Å². The Balaban J connectivity index is 4.27. The van der Waals surface area contributed by atoms with E-state index >= 15 is 0 Å². The van der Waals surface area contributed by atoms with Gasteiger partial charge >= 0.3 is 17.9 Å². The number of hydrogen-bond donors (Lipinski definition) is 0. The first-order valence-corrected chi connectivity index (χ1v) is 30.4. The molecule has 0 rings (SSSR count). The number of unbranched alkanes of at least 4 members (excludes halogenated alkanes) is 43. The molecule has 0 saturated carbocycles. The quantitative estimate of drug-likeness (QED) is 0.0343. The van der Waals surface area contributed by atoms with Crippen LogP contribution in [-0.2, 0) is 28.6 Å². The molecule has 398 valence electrons. The smallest absolute Gasteiger partial charge is 0.306 e. The van der Waals surface area contributed by atoms with Gasteiger partial charge in [-0.2, -0.15) is 0 Å². The third-order valence-electron chi connectivity index (χ3n) is 14.0. The summed E-state index contributed by atoms with van der Waals surface area (Å²) in [4.78, 5) is 38.2. The second-order valence-corrected chi connectivity index (χ2v) is 21.5. The molecule has 0 radical (unpaired) electrons. The molecular weight excluding hydrogens is 829 g/mol. The molecule has 0 amide bonds. The Hall–Kier alpha value is -1.59. The van der Waals surface area contributed by atoms with Crippen LogP contribution in [-0.4, -0.2) is 37.2 Å². The first kappa shape index (κ1) is 65.4. The zero-order valence-electron chi connectivity index (χ0n) is 45.9. The van der Waals surface area contributed by atoms with E-state index in [1.54, 1.807) is 0 Å². The van der Waals surface area contributed by atoms with E-state index < -0.39 is 6.10 Å². The number of ether oxygens (including phenoxy) is 3. The summed E-state index contributed by atoms with van der Waals surface area (Å²) in [5, 5.41) is 0. The van der Waals surface area contributed by atoms with Crippen LogP contribution in [0, 0.1) is 5.92 Å². The lowest BCUT2D eigenvalue weighted by atomic mass is 10.0. The molecule has 0 aliphatic carbocycles. The highest BCUT2D eigenvalue weighted by molar-refractivity contribution is 5.71. The molecule has 0 aromatic rings. The van der Waals surface area contributed by atoms with E-state index in [9.17, 15) is 14.4 Å². The summed E-state index contributed by atoms with van der Waals surface area (Å²) in [6.45, 7) is 9.07. The predicted octanol–water partition coefficient (Wildman–Crippen LogP) is 20.2. The van der Waals surface area contributed by atoms with Crippen molar-refractivity contribution in [2.24, 2.45) is 5.92 Å². The largest absolute Gasteiger partial charge is 0.462 e. The summed E-state index contributed by atoms with van der Waals surface area (Å²) in [6, 6.07) is 0. The second kappa shape index (κ2) is 55.3. The van der Waals surface area contributed by atoms with Crippen LogP contribution < -0.4 is 0 Å². The van der Waals surface area contributed by atoms with E-state index in [0.29, 0.717) is 19.3 Å². The third-order valence-corrected chi connectivity index (χ3v) is 14.0. The van der Waals surface area contributed by atoms with Crippen molar-refractivity contribution in [3.05, 3.63) is 0 Å². The molecule has 0 aromatic heterocycles. The first-order valence-electron chi connectivity index (χ1n) is 30.4. The Morgan fingerprint density at radius 1 is 0.284 bits per heavy atom. The Bertz CT molecular complexity index is 1010. The SMILES string of the molecule is CCCCCCCCCCCCCCCCCCCCCC(=O)OC[C@@H](COC(=O)CCCCCCCCCCCCCCCCC)OC(=O)CCCCCCCCCCCCCCC(C)C. The number of rotatable bonds is 56. The standard InChI is InChI=1S/C61H118O6/c1-5-7-9-11-13-15-17-19-21-22-23-24-26-28-33-37-41-45-49-53-60(63)66-56-58(67-61(64)54-50-46-42-38-34-30-29-31-35-39-43-47-51-57(3)4)55-65-59(62)52-48-44-40-36-32-27-25-20-18-16-14-12-10-8-6-2/h57-58H,5-56H2,1-4H3/t58-/m1/s1. The normalized spacial score (nSPS) is 12.0. The zero-order chi connectivity index (χ0) is 48.8. The molecule has 0 spiro atoms. The van der Waals surface area contributed by atoms with E-state index in [2.05, 4.69) is 27.7 Å². The van der Waals surface area contributed by atoms with Crippen LogP contribution in [0.2, 0.25) is 0 Å². The molecule has 0 unspecified atom stereocenters. The van der Waals surface area contributed by atoms with Crippen molar-refractivity contribution in [1.82, 2.24) is 0 Å². The summed E-state index contributed by atoms with van der Waals surface area (Å²) >= 11 is 0. The highest BCUT2D eigenvalue weighted by Crippen LogP contribution is 2.18. The Labute approximate surface area is 418 Å². The fourth-order valence-corrected chi connectivity index (χ4v) is 9.46. The summed E-state index contributed by atoms with van der Waals surface area (Å²) in [5.41, 5.74) is 0. The van der Waals surface area contributed by atoms with Gasteiger partial charge in [-0.25, -0.2) is 0 Å². The summed E-state index contributed by atoms with van der Waals surface area (Å²) in [6.07, 6.45) is 61.0. The van der Waals surface area contributed by atoms with Gasteiger partial charge in [-0.1, -0.05) is 310 Å². The first-order chi connectivity index (χ1) is 32.9. The van der Waals surface area contributed by atoms with Crippen molar-refractivity contribution in [2.45, 2.75) is 355 Å². The maximum absolute atomic E-state index is 12.9. The van der Waals surface area contributed by atoms with Crippen molar-refractivity contribution in [2.75, 3.05) is 13.2 Å². The highest BCUT2D eigenvalue weighted by atomic mass is 16.6. The van der Waals surface area contributed by atoms with Crippen LogP contribution in [0.1, 0.15) is 349 Å². The maximum atomic E-state index is 12.9. The van der Waals surface area contributed by atoms with E-state index in [1.807, 2.05) is 0 Å². The van der Waals surface area contributed by atoms with Gasteiger partial charge in [-0.3, -0.25) is 14.4 Å². The molecule has 0 heterocycles. The molecular formula is C61H118O6. The van der Waals surface area contributed by atoms with Crippen LogP contribution >= 0.6 is 0 Å². The molecule has 67 heavy (non-hydrogen) atoms. The number of carbonyl (C=O) groups is 3. The maximum Gasteiger partial charge on any atom is 0.306 e. The van der Waals surface area contributed by atoms with Gasteiger partial charge in [0.15, 0.2) is 6.10 Å². The van der Waals surface area contributed by atoms with Crippen molar-refractivity contribution in [1.29, 1.82) is 0 Å². The van der Waals surface area contributed by atoms with Gasteiger partial charge < -0.3 is 14.2 Å². The van der Waals surface area contributed by atoms with Gasteiger partial charge in [0.05, 0.1) is 0 Å². The molecule has 0 saturated heterocycles. The molecule has 0 bridgehead atoms. The minimum Gasteiger partial charge on any atom is -0.462 e. The topological polar surface area (TPSA) is 78.9 Å². The van der Waals surface area contributed by atoms with Crippen LogP contribution in [0.3, 0.4) is 0 Å². The average molecular weight is 948 g/mol. The predicted molar refractivity (Wildman–Crippen MR) is 289 cm³/mol. The highest BCUT2D eigenvalue weighted by Gasteiger charge is 2.19. The minimum atomic E-state index is -0.762. The monoisotopic (exact) mass is 947 g/mol. The van der Waals surface area contributed by atoms with Crippen molar-refractivity contribution in [3.63, 3.8) is 0 Å². The van der Waals surface area contributed by atoms with Crippen molar-refractivity contribution in [3.8, 4) is 0 Å². The summed E-state index contributed by atoms with van der Waals surface area (Å²) in [7, 11) is 0. The second-order valence-electron chi connectivity index (χ2n) is 21.5. The van der Waals surface area contributed by atoms with E-state index in [0.717, 1.165) is 63.7 Å². The summed E-state index contributed by atoms with van der Waals surface area (Å²) in [5.74, 6) is -0.00000129. The third kappa shape index (κ3) is 55.2. The lowest BCUT2D eigenvalue weighted by Crippen LogP contribution is -2.30. The lowest BCUT2D eigenvalue weighted by molar-refractivity contribution is -0.167. The molecule has 0 fully saturated rings. The van der Waals surface area contributed by atoms with Gasteiger partial charge in [0, 0.05) is 19.3 Å². The van der Waals surface area contributed by atoms with Crippen molar-refractivity contribution < 1.29 is 28.6 Å². The van der Waals surface area contributed by atoms with Gasteiger partial charge in [-0.05, 0) is 25.2 Å². The van der Waals surface area contributed by atoms with Gasteiger partial charge in [0.2, 0.25) is 0 Å². The Morgan fingerprint density at radius 3 is 0.731 bits per heavy atom. The van der Waals surface area contributed by atoms with E-state index in [-0.39, 0.29) is 31.1 Å². The zero-order valence-corrected chi connectivity index (χ0v) is 45.9. The molecule has 6 nitrogen and oxygen atoms in total. The summed E-state index contributed by atoms with van der Waals surface area (Å²) < 4.78 is 16.9. The Kier molecular flexibility index (Phi) is 54.0. The number of hydrogen-bond acceptors (Lipinski definition) is 6. The molecule has 1 atom stereocenters. The van der Waals surface area contributed by atoms with Crippen LogP contribution in [0.25, 0.3) is 0 Å². The van der Waals surface area contributed by atoms with Gasteiger partial charge in [0.1, 0.15) is 13.2 Å². The van der Waals surface area contributed by atoms with Gasteiger partial charge in [-0.15, -0.1) is 0 Å². The molecule has 6 heteroatoms. The minimum absolute atomic E-state index is 0.0616. The average Bonchev–Trinajstić information content (AvgIpc) is 3.31. The number of esters is 3. The molecule has 0 N–H and O–H groups in total. The van der Waals surface area contributed by atoms with E-state index in [4.69, 9.17) is 14.2 Å². The van der Waals surface area contributed by atoms with Crippen LogP contribution in [0.15, 0.2) is 0 Å². The van der Waals surface area contributed by atoms with Crippen LogP contribution in [0.4, 0.5) is 0 Å². The fourth-order valence-electron chi connectivity index (χ4n) is 9.46. The van der Waals surface area contributed by atoms with Gasteiger partial charge in [0.25, 0.3) is 0 Å². The molecule has 0 aromatic carbocycles. The molecule has 0 aliphatic heterocycles.